The van der Waals surface area contributed by atoms with E-state index in [1.54, 1.807) is 6.26 Å². The van der Waals surface area contributed by atoms with Gasteiger partial charge in [0.1, 0.15) is 5.76 Å². The van der Waals surface area contributed by atoms with Gasteiger partial charge in [0, 0.05) is 11.4 Å². The Kier molecular flexibility index (Phi) is 3.73. The topological polar surface area (TPSA) is 51.5 Å². The van der Waals surface area contributed by atoms with Crippen LogP contribution in [0.3, 0.4) is 0 Å². The zero-order chi connectivity index (χ0) is 10.4. The molecule has 0 atom stereocenters. The molecule has 0 fully saturated rings. The van der Waals surface area contributed by atoms with Crippen molar-refractivity contribution in [2.75, 3.05) is 6.54 Å². The first-order chi connectivity index (χ1) is 6.68. The molecule has 0 amide bonds. The lowest BCUT2D eigenvalue weighted by molar-refractivity contribution is 0.557. The van der Waals surface area contributed by atoms with Crippen LogP contribution in [0, 0.1) is 0 Å². The van der Waals surface area contributed by atoms with Crippen LogP contribution in [-0.2, 0) is 0 Å². The minimum Gasteiger partial charge on any atom is -0.465 e. The zero-order valence-corrected chi connectivity index (χ0v) is 8.23. The normalized spacial score (nSPS) is 12.2. The van der Waals surface area contributed by atoms with Gasteiger partial charge in [-0.1, -0.05) is 6.58 Å². The highest BCUT2D eigenvalue weighted by atomic mass is 16.3. The minimum atomic E-state index is 0.467. The summed E-state index contributed by atoms with van der Waals surface area (Å²) in [7, 11) is 0. The molecule has 3 nitrogen and oxygen atoms in total. The highest BCUT2D eigenvalue weighted by Gasteiger charge is 1.88. The van der Waals surface area contributed by atoms with Crippen LogP contribution in [0.1, 0.15) is 12.7 Å². The Hall–Kier alpha value is -1.77. The fourth-order valence-corrected chi connectivity index (χ4v) is 0.868. The predicted octanol–water partition coefficient (Wildman–Crippen LogP) is 2.23. The summed E-state index contributed by atoms with van der Waals surface area (Å²) in [5.41, 5.74) is 6.85. The van der Waals surface area contributed by atoms with Crippen molar-refractivity contribution in [3.8, 4) is 0 Å². The highest BCUT2D eigenvalue weighted by molar-refractivity contribution is 5.96. The lowest BCUT2D eigenvalue weighted by Gasteiger charge is -1.93. The zero-order valence-electron chi connectivity index (χ0n) is 8.23. The molecule has 3 heteroatoms. The second-order valence-electron chi connectivity index (χ2n) is 2.96. The van der Waals surface area contributed by atoms with E-state index in [-0.39, 0.29) is 0 Å². The van der Waals surface area contributed by atoms with Gasteiger partial charge in [0.25, 0.3) is 0 Å². The third-order valence-corrected chi connectivity index (χ3v) is 1.56. The van der Waals surface area contributed by atoms with E-state index >= 15 is 0 Å². The van der Waals surface area contributed by atoms with Crippen molar-refractivity contribution >= 4 is 11.8 Å². The van der Waals surface area contributed by atoms with Crippen LogP contribution >= 0.6 is 0 Å². The number of hydrogen-bond donors (Lipinski definition) is 1. The Labute approximate surface area is 83.6 Å². The summed E-state index contributed by atoms with van der Waals surface area (Å²) in [5.74, 6) is 0.811. The average molecular weight is 190 g/mol. The van der Waals surface area contributed by atoms with Crippen LogP contribution in [-0.4, -0.2) is 12.3 Å². The van der Waals surface area contributed by atoms with E-state index in [1.807, 2.05) is 31.2 Å². The molecule has 0 aliphatic rings. The molecule has 1 aromatic heterocycles. The largest absolute Gasteiger partial charge is 0.465 e. The van der Waals surface area contributed by atoms with Crippen molar-refractivity contribution in [3.05, 3.63) is 42.5 Å². The van der Waals surface area contributed by atoms with Gasteiger partial charge in [-0.2, -0.15) is 0 Å². The van der Waals surface area contributed by atoms with E-state index in [0.717, 1.165) is 11.5 Å². The monoisotopic (exact) mass is 190 g/mol. The number of aliphatic imine (C=N–C) groups is 1. The van der Waals surface area contributed by atoms with E-state index < -0.39 is 0 Å². The summed E-state index contributed by atoms with van der Waals surface area (Å²) in [5, 5.41) is 0. The molecule has 0 unspecified atom stereocenters. The van der Waals surface area contributed by atoms with E-state index in [9.17, 15) is 0 Å². The molecule has 1 rings (SSSR count). The number of allylic oxidation sites excluding steroid dienone is 1. The van der Waals surface area contributed by atoms with E-state index in [0.29, 0.717) is 12.2 Å². The maximum Gasteiger partial charge on any atom is 0.126 e. The van der Waals surface area contributed by atoms with Gasteiger partial charge in [-0.15, -0.1) is 0 Å². The number of hydrogen-bond acceptors (Lipinski definition) is 3. The van der Waals surface area contributed by atoms with Gasteiger partial charge in [0.15, 0.2) is 0 Å². The number of furan rings is 1. The molecule has 0 bridgehead atoms. The molecule has 0 saturated carbocycles. The van der Waals surface area contributed by atoms with E-state index in [2.05, 4.69) is 11.6 Å². The van der Waals surface area contributed by atoms with Crippen molar-refractivity contribution in [2.45, 2.75) is 6.92 Å². The van der Waals surface area contributed by atoms with Crippen molar-refractivity contribution in [2.24, 2.45) is 10.7 Å². The van der Waals surface area contributed by atoms with Crippen molar-refractivity contribution in [1.82, 2.24) is 0 Å². The average Bonchev–Trinajstić information content (AvgIpc) is 2.63. The Morgan fingerprint density at radius 3 is 3.07 bits per heavy atom. The standard InChI is InChI=1S/C11H14N2O/c1-9(12)8-13-10(2)5-6-11-4-3-7-14-11/h3-7H,1,8,12H2,2H3/b6-5+,13-10?. The van der Waals surface area contributed by atoms with Crippen molar-refractivity contribution < 1.29 is 4.42 Å². The SMILES string of the molecule is C=C(N)CN=C(C)/C=C/c1ccco1. The fraction of sp³-hybridized carbons (Fsp3) is 0.182. The molecule has 0 aliphatic heterocycles. The lowest BCUT2D eigenvalue weighted by Crippen LogP contribution is -2.00. The maximum atomic E-state index is 5.39. The Morgan fingerprint density at radius 1 is 1.71 bits per heavy atom. The van der Waals surface area contributed by atoms with E-state index in [4.69, 9.17) is 10.2 Å². The molecule has 0 spiro atoms. The van der Waals surface area contributed by atoms with Crippen LogP contribution in [0.25, 0.3) is 6.08 Å². The molecule has 74 valence electrons. The van der Waals surface area contributed by atoms with Gasteiger partial charge >= 0.3 is 0 Å². The molecule has 0 aliphatic carbocycles. The number of nitrogens with zero attached hydrogens (tertiary/aromatic N) is 1. The van der Waals surface area contributed by atoms with Gasteiger partial charge in [-0.05, 0) is 31.2 Å². The highest BCUT2D eigenvalue weighted by Crippen LogP contribution is 2.02. The second kappa shape index (κ2) is 5.07. The molecule has 14 heavy (non-hydrogen) atoms. The molecule has 0 aromatic carbocycles. The van der Waals surface area contributed by atoms with Gasteiger partial charge in [-0.25, -0.2) is 0 Å². The smallest absolute Gasteiger partial charge is 0.126 e. The van der Waals surface area contributed by atoms with Crippen LogP contribution in [0.5, 0.6) is 0 Å². The Balaban J connectivity index is 2.51. The van der Waals surface area contributed by atoms with Crippen LogP contribution < -0.4 is 5.73 Å². The summed E-state index contributed by atoms with van der Waals surface area (Å²) < 4.78 is 5.13. The molecule has 1 aromatic rings. The Bertz CT molecular complexity index is 347. The molecular formula is C11H14N2O. The van der Waals surface area contributed by atoms with Crippen LogP contribution in [0.4, 0.5) is 0 Å². The van der Waals surface area contributed by atoms with Gasteiger partial charge in [0.2, 0.25) is 0 Å². The molecular weight excluding hydrogens is 176 g/mol. The van der Waals surface area contributed by atoms with Gasteiger partial charge < -0.3 is 10.2 Å². The molecule has 0 radical (unpaired) electrons. The third-order valence-electron chi connectivity index (χ3n) is 1.56. The number of rotatable bonds is 4. The molecule has 2 N–H and O–H groups in total. The van der Waals surface area contributed by atoms with Crippen molar-refractivity contribution in [1.29, 1.82) is 0 Å². The van der Waals surface area contributed by atoms with Crippen LogP contribution in [0.2, 0.25) is 0 Å². The van der Waals surface area contributed by atoms with Gasteiger partial charge in [0.05, 0.1) is 12.8 Å². The third kappa shape index (κ3) is 3.76. The first-order valence-electron chi connectivity index (χ1n) is 4.34. The first kappa shape index (κ1) is 10.3. The van der Waals surface area contributed by atoms with E-state index in [1.165, 1.54) is 0 Å². The first-order valence-corrected chi connectivity index (χ1v) is 4.34. The predicted molar refractivity (Wildman–Crippen MR) is 59.0 cm³/mol. The Morgan fingerprint density at radius 2 is 2.50 bits per heavy atom. The quantitative estimate of drug-likeness (QED) is 0.740. The molecule has 1 heterocycles. The lowest BCUT2D eigenvalue weighted by atomic mass is 10.3. The van der Waals surface area contributed by atoms with Gasteiger partial charge in [-0.3, -0.25) is 4.99 Å². The fourth-order valence-electron chi connectivity index (χ4n) is 0.868. The summed E-state index contributed by atoms with van der Waals surface area (Å²) in [6, 6.07) is 3.72. The van der Waals surface area contributed by atoms with Crippen LogP contribution in [0.15, 0.2) is 46.2 Å². The maximum absolute atomic E-state index is 5.39. The molecule has 0 saturated heterocycles. The van der Waals surface area contributed by atoms with Crippen molar-refractivity contribution in [3.63, 3.8) is 0 Å². The minimum absolute atomic E-state index is 0.467. The second-order valence-corrected chi connectivity index (χ2v) is 2.96. The summed E-state index contributed by atoms with van der Waals surface area (Å²) in [6.45, 7) is 5.94. The summed E-state index contributed by atoms with van der Waals surface area (Å²) in [4.78, 5) is 4.19. The summed E-state index contributed by atoms with van der Waals surface area (Å²) in [6.07, 6.45) is 5.37. The summed E-state index contributed by atoms with van der Waals surface area (Å²) >= 11 is 0. The number of nitrogens with two attached hydrogens (primary N) is 1.